The monoisotopic (exact) mass is 504 g/mol. The van der Waals surface area contributed by atoms with E-state index in [1.165, 1.54) is 0 Å². The maximum atomic E-state index is 10.8. The molecule has 2 saturated heterocycles. The summed E-state index contributed by atoms with van der Waals surface area (Å²) in [6.45, 7) is -2.39. The van der Waals surface area contributed by atoms with E-state index in [1.807, 2.05) is 0 Å². The Labute approximate surface area is 192 Å². The Morgan fingerprint density at radius 3 is 1.82 bits per heavy atom. The van der Waals surface area contributed by atoms with Gasteiger partial charge in [-0.2, -0.15) is 0 Å². The van der Waals surface area contributed by atoms with E-state index in [4.69, 9.17) is 24.1 Å². The van der Waals surface area contributed by atoms with E-state index < -0.39 is 106 Å². The quantitative estimate of drug-likeness (QED) is 0.117. The molecule has 0 spiro atoms. The van der Waals surface area contributed by atoms with Crippen molar-refractivity contribution in [1.29, 1.82) is 0 Å². The summed E-state index contributed by atoms with van der Waals surface area (Å²) < 4.78 is 20.9. The molecule has 200 valence electrons. The minimum atomic E-state index is -2.08. The molecule has 0 aromatic heterocycles. The zero-order chi connectivity index (χ0) is 25.7. The molecule has 2 fully saturated rings. The van der Waals surface area contributed by atoms with E-state index in [0.29, 0.717) is 0 Å². The Morgan fingerprint density at radius 1 is 0.765 bits per heavy atom. The van der Waals surface area contributed by atoms with Gasteiger partial charge in [-0.3, -0.25) is 0 Å². The molecule has 2 rings (SSSR count). The molecule has 0 radical (unpaired) electrons. The second kappa shape index (κ2) is 12.9. The highest BCUT2D eigenvalue weighted by molar-refractivity contribution is 5.56. The average molecular weight is 504 g/mol. The molecule has 0 unspecified atom stereocenters. The van der Waals surface area contributed by atoms with Gasteiger partial charge in [-0.15, -0.1) is 0 Å². The Morgan fingerprint density at radius 2 is 1.29 bits per heavy atom. The van der Waals surface area contributed by atoms with E-state index >= 15 is 0 Å². The Balaban J connectivity index is 2.10. The predicted octanol–water partition coefficient (Wildman–Crippen LogP) is -7.73. The second-order valence-corrected chi connectivity index (χ2v) is 8.01. The van der Waals surface area contributed by atoms with Gasteiger partial charge in [-0.1, -0.05) is 0 Å². The first-order chi connectivity index (χ1) is 16.0. The van der Waals surface area contributed by atoms with E-state index in [0.717, 1.165) is 0 Å². The van der Waals surface area contributed by atoms with Crippen LogP contribution in [0.1, 0.15) is 0 Å². The third kappa shape index (κ3) is 6.44. The normalized spacial score (nSPS) is 42.6. The number of carbonyl (C=O) groups excluding carboxylic acids is 1. The first-order valence-corrected chi connectivity index (χ1v) is 10.4. The van der Waals surface area contributed by atoms with Crippen molar-refractivity contribution < 1.29 is 79.9 Å². The summed E-state index contributed by atoms with van der Waals surface area (Å²) >= 11 is 0. The molecule has 2 aliphatic rings. The van der Waals surface area contributed by atoms with Crippen LogP contribution >= 0.6 is 0 Å². The van der Waals surface area contributed by atoms with Crippen LogP contribution in [0.2, 0.25) is 0 Å². The van der Waals surface area contributed by atoms with Crippen molar-refractivity contribution in [3.8, 4) is 0 Å². The lowest BCUT2D eigenvalue weighted by atomic mass is 9.98. The van der Waals surface area contributed by atoms with Crippen molar-refractivity contribution in [3.05, 3.63) is 0 Å². The summed E-state index contributed by atoms with van der Waals surface area (Å²) in [6, 6.07) is 0. The van der Waals surface area contributed by atoms with Gasteiger partial charge in [0.25, 0.3) is 0 Å². The highest BCUT2D eigenvalue weighted by Gasteiger charge is 2.49. The molecule has 16 heteroatoms. The van der Waals surface area contributed by atoms with Gasteiger partial charge in [-0.05, 0) is 0 Å². The van der Waals surface area contributed by atoms with Crippen LogP contribution in [0.25, 0.3) is 0 Å². The summed E-state index contributed by atoms with van der Waals surface area (Å²) in [6.07, 6.45) is -25.1. The Bertz CT molecular complexity index is 623. The third-order valence-corrected chi connectivity index (χ3v) is 5.63. The maximum Gasteiger partial charge on any atom is 0.187 e. The average Bonchev–Trinajstić information content (AvgIpc) is 2.84. The third-order valence-electron chi connectivity index (χ3n) is 5.63. The molecular weight excluding hydrogens is 472 g/mol. The molecule has 0 bridgehead atoms. The Kier molecular flexibility index (Phi) is 11.1. The van der Waals surface area contributed by atoms with Crippen LogP contribution < -0.4 is 0 Å². The van der Waals surface area contributed by atoms with Gasteiger partial charge in [0.15, 0.2) is 18.9 Å². The maximum absolute atomic E-state index is 10.8. The zero-order valence-corrected chi connectivity index (χ0v) is 17.7. The van der Waals surface area contributed by atoms with E-state index in [9.17, 15) is 55.9 Å². The number of aliphatic hydroxyl groups is 11. The minimum absolute atomic E-state index is 0.0704. The fraction of sp³-hybridized carbons (Fsp3) is 0.944. The van der Waals surface area contributed by atoms with E-state index in [2.05, 4.69) is 0 Å². The van der Waals surface area contributed by atoms with Gasteiger partial charge >= 0.3 is 0 Å². The van der Waals surface area contributed by atoms with Crippen molar-refractivity contribution in [3.63, 3.8) is 0 Å². The first-order valence-electron chi connectivity index (χ1n) is 10.4. The summed E-state index contributed by atoms with van der Waals surface area (Å²) in [5, 5.41) is 108. The molecule has 0 amide bonds. The van der Waals surface area contributed by atoms with Crippen LogP contribution in [0, 0.1) is 0 Å². The van der Waals surface area contributed by atoms with Gasteiger partial charge in [0.2, 0.25) is 0 Å². The van der Waals surface area contributed by atoms with Crippen LogP contribution in [0.5, 0.6) is 0 Å². The highest BCUT2D eigenvalue weighted by atomic mass is 16.7. The van der Waals surface area contributed by atoms with Crippen LogP contribution in [-0.2, 0) is 23.7 Å². The summed E-state index contributed by atoms with van der Waals surface area (Å²) in [7, 11) is 0. The molecule has 0 aliphatic carbocycles. The van der Waals surface area contributed by atoms with Crippen LogP contribution in [0.3, 0.4) is 0 Å². The summed E-state index contributed by atoms with van der Waals surface area (Å²) in [5.41, 5.74) is 0. The minimum Gasteiger partial charge on any atom is -0.394 e. The van der Waals surface area contributed by atoms with Gasteiger partial charge in [-0.25, -0.2) is 0 Å². The zero-order valence-electron chi connectivity index (χ0n) is 17.7. The van der Waals surface area contributed by atoms with Gasteiger partial charge in [0.1, 0.15) is 73.2 Å². The second-order valence-electron chi connectivity index (χ2n) is 8.01. The molecule has 2 aliphatic heterocycles. The van der Waals surface area contributed by atoms with Crippen molar-refractivity contribution in [1.82, 2.24) is 0 Å². The first kappa shape index (κ1) is 29.3. The molecule has 2 heterocycles. The van der Waals surface area contributed by atoms with Gasteiger partial charge < -0.3 is 79.9 Å². The molecule has 14 atom stereocenters. The van der Waals surface area contributed by atoms with Crippen LogP contribution in [0.4, 0.5) is 0 Å². The molecule has 16 nitrogen and oxygen atoms in total. The summed E-state index contributed by atoms with van der Waals surface area (Å²) in [5.74, 6) is 0. The highest BCUT2D eigenvalue weighted by Crippen LogP contribution is 2.27. The molecule has 34 heavy (non-hydrogen) atoms. The number of rotatable bonds is 11. The van der Waals surface area contributed by atoms with Crippen LogP contribution in [0.15, 0.2) is 0 Å². The SMILES string of the molecule is O=C[C@H](O)[C@@H](O)[C@H](O[C@@H]1O[C@H](CO[C@@H]2O[C@H](CO)[C@@H](O)[C@H](O)[C@H]2O)[C@@H](O)[C@H](O)[C@H]1O)[C@H](O)CO. The lowest BCUT2D eigenvalue weighted by Crippen LogP contribution is -2.63. The number of hydrogen-bond acceptors (Lipinski definition) is 16. The molecule has 0 aromatic rings. The van der Waals surface area contributed by atoms with Crippen molar-refractivity contribution in [2.45, 2.75) is 85.8 Å². The predicted molar refractivity (Wildman–Crippen MR) is 102 cm³/mol. The number of ether oxygens (including phenoxy) is 4. The van der Waals surface area contributed by atoms with Crippen molar-refractivity contribution in [2.75, 3.05) is 19.8 Å². The number of aldehydes is 1. The number of aliphatic hydroxyl groups excluding tert-OH is 11. The van der Waals surface area contributed by atoms with Crippen molar-refractivity contribution >= 4 is 6.29 Å². The van der Waals surface area contributed by atoms with Crippen LogP contribution in [-0.4, -0.2) is 168 Å². The smallest absolute Gasteiger partial charge is 0.187 e. The Hall–Kier alpha value is -0.930. The lowest BCUT2D eigenvalue weighted by Gasteiger charge is -2.43. The standard InChI is InChI=1S/C18H32O16/c19-1-5(22)9(24)16(6(23)2-20)34-18-15(30)13(28)11(26)8(33-18)4-31-17-14(29)12(27)10(25)7(3-21)32-17/h1,5-18,20-30H,2-4H2/t5-,6+,7+,8+,9+,10+,11+,12-,13-,14+,15+,16+,17+,18-/m0/s1. The number of hydrogen-bond donors (Lipinski definition) is 11. The van der Waals surface area contributed by atoms with Crippen molar-refractivity contribution in [2.24, 2.45) is 0 Å². The van der Waals surface area contributed by atoms with E-state index in [1.54, 1.807) is 0 Å². The van der Waals surface area contributed by atoms with E-state index in [-0.39, 0.29) is 6.29 Å². The van der Waals surface area contributed by atoms with Gasteiger partial charge in [0.05, 0.1) is 19.8 Å². The molecule has 0 aromatic carbocycles. The molecular formula is C18H32O16. The topological polar surface area (TPSA) is 277 Å². The fourth-order valence-corrected chi connectivity index (χ4v) is 3.49. The van der Waals surface area contributed by atoms with Gasteiger partial charge in [0, 0.05) is 0 Å². The number of carbonyl (C=O) groups is 1. The largest absolute Gasteiger partial charge is 0.394 e. The molecule has 0 saturated carbocycles. The summed E-state index contributed by atoms with van der Waals surface area (Å²) in [4.78, 5) is 10.8. The lowest BCUT2D eigenvalue weighted by molar-refractivity contribution is -0.343. The molecule has 11 N–H and O–H groups in total. The fourth-order valence-electron chi connectivity index (χ4n) is 3.49.